The van der Waals surface area contributed by atoms with Crippen LogP contribution in [0.5, 0.6) is 0 Å². The summed E-state index contributed by atoms with van der Waals surface area (Å²) in [4.78, 5) is 12.0. The van der Waals surface area contributed by atoms with Gasteiger partial charge in [0.2, 0.25) is 5.91 Å². The summed E-state index contributed by atoms with van der Waals surface area (Å²) in [5.41, 5.74) is 5.67. The molecule has 0 aliphatic rings. The van der Waals surface area contributed by atoms with Gasteiger partial charge < -0.3 is 10.6 Å². The minimum absolute atomic E-state index is 0.0322. The highest BCUT2D eigenvalue weighted by Crippen LogP contribution is 2.16. The highest BCUT2D eigenvalue weighted by molar-refractivity contribution is 5.91. The van der Waals surface area contributed by atoms with Crippen LogP contribution in [0, 0.1) is 13.8 Å². The van der Waals surface area contributed by atoms with E-state index in [1.807, 2.05) is 37.3 Å². The van der Waals surface area contributed by atoms with Gasteiger partial charge in [-0.2, -0.15) is 0 Å². The first kappa shape index (κ1) is 16.1. The second-order valence-corrected chi connectivity index (χ2v) is 5.53. The van der Waals surface area contributed by atoms with Gasteiger partial charge in [0.25, 0.3) is 0 Å². The molecule has 0 unspecified atom stereocenters. The first-order valence-electron chi connectivity index (χ1n) is 7.79. The molecule has 22 heavy (non-hydrogen) atoms. The number of anilines is 2. The lowest BCUT2D eigenvalue weighted by atomic mass is 10.1. The van der Waals surface area contributed by atoms with E-state index in [0.29, 0.717) is 13.0 Å². The number of hydrogen-bond donors (Lipinski definition) is 2. The fourth-order valence-corrected chi connectivity index (χ4v) is 2.35. The van der Waals surface area contributed by atoms with Gasteiger partial charge in [-0.05, 0) is 55.2 Å². The van der Waals surface area contributed by atoms with Crippen LogP contribution in [-0.2, 0) is 11.2 Å². The molecule has 0 radical (unpaired) electrons. The van der Waals surface area contributed by atoms with Crippen molar-refractivity contribution in [2.45, 2.75) is 33.6 Å². The Morgan fingerprint density at radius 2 is 1.82 bits per heavy atom. The van der Waals surface area contributed by atoms with Crippen LogP contribution in [0.2, 0.25) is 0 Å². The molecule has 0 atom stereocenters. The Labute approximate surface area is 132 Å². The molecule has 0 spiro atoms. The molecule has 1 amide bonds. The molecular weight excluding hydrogens is 272 g/mol. The minimum Gasteiger partial charge on any atom is -0.384 e. The van der Waals surface area contributed by atoms with Crippen molar-refractivity contribution < 1.29 is 4.79 Å². The topological polar surface area (TPSA) is 41.1 Å². The smallest absolute Gasteiger partial charge is 0.226 e. The normalized spacial score (nSPS) is 10.3. The van der Waals surface area contributed by atoms with Crippen molar-refractivity contribution in [1.29, 1.82) is 0 Å². The summed E-state index contributed by atoms with van der Waals surface area (Å²) < 4.78 is 0. The number of nitrogens with one attached hydrogen (secondary N) is 2. The quantitative estimate of drug-likeness (QED) is 0.834. The first-order chi connectivity index (χ1) is 10.6. The van der Waals surface area contributed by atoms with Crippen molar-refractivity contribution in [3.05, 3.63) is 59.2 Å². The summed E-state index contributed by atoms with van der Waals surface area (Å²) in [6.45, 7) is 6.88. The number of carbonyl (C=O) groups is 1. The van der Waals surface area contributed by atoms with Crippen LogP contribution in [0.3, 0.4) is 0 Å². The second-order valence-electron chi connectivity index (χ2n) is 5.53. The Bertz CT molecular complexity index is 650. The molecule has 2 rings (SSSR count). The fourth-order valence-electron chi connectivity index (χ4n) is 2.35. The predicted octanol–water partition coefficient (Wildman–Crippen LogP) is 4.31. The standard InChI is InChI=1S/C19H24N2O/c1-4-16-7-5-6-8-18(16)20-12-11-19(22)21-17-10-9-14(2)15(3)13-17/h5-10,13,20H,4,11-12H2,1-3H3,(H,21,22). The number of hydrogen-bond acceptors (Lipinski definition) is 2. The molecular formula is C19H24N2O. The zero-order valence-electron chi connectivity index (χ0n) is 13.6. The average molecular weight is 296 g/mol. The van der Waals surface area contributed by atoms with Gasteiger partial charge in [0.1, 0.15) is 0 Å². The largest absolute Gasteiger partial charge is 0.384 e. The van der Waals surface area contributed by atoms with Crippen molar-refractivity contribution in [1.82, 2.24) is 0 Å². The SMILES string of the molecule is CCc1ccccc1NCCC(=O)Nc1ccc(C)c(C)c1. The summed E-state index contributed by atoms with van der Waals surface area (Å²) >= 11 is 0. The summed E-state index contributed by atoms with van der Waals surface area (Å²) in [5.74, 6) is 0.0322. The Hall–Kier alpha value is -2.29. The van der Waals surface area contributed by atoms with Crippen molar-refractivity contribution in [3.63, 3.8) is 0 Å². The predicted molar refractivity (Wildman–Crippen MR) is 93.5 cm³/mol. The van der Waals surface area contributed by atoms with E-state index >= 15 is 0 Å². The average Bonchev–Trinajstić information content (AvgIpc) is 2.51. The number of carbonyl (C=O) groups excluding carboxylic acids is 1. The van der Waals surface area contributed by atoms with Gasteiger partial charge in [-0.25, -0.2) is 0 Å². The van der Waals surface area contributed by atoms with Crippen LogP contribution >= 0.6 is 0 Å². The molecule has 0 bridgehead atoms. The summed E-state index contributed by atoms with van der Waals surface area (Å²) in [7, 11) is 0. The van der Waals surface area contributed by atoms with Gasteiger partial charge in [-0.15, -0.1) is 0 Å². The second kappa shape index (κ2) is 7.64. The lowest BCUT2D eigenvalue weighted by Crippen LogP contribution is -2.16. The monoisotopic (exact) mass is 296 g/mol. The molecule has 0 saturated heterocycles. The summed E-state index contributed by atoms with van der Waals surface area (Å²) in [6, 6.07) is 14.2. The lowest BCUT2D eigenvalue weighted by molar-refractivity contribution is -0.115. The molecule has 0 aliphatic carbocycles. The third kappa shape index (κ3) is 4.35. The molecule has 0 heterocycles. The lowest BCUT2D eigenvalue weighted by Gasteiger charge is -2.11. The first-order valence-corrected chi connectivity index (χ1v) is 7.79. The molecule has 0 fully saturated rings. The number of para-hydroxylation sites is 1. The van der Waals surface area contributed by atoms with E-state index in [4.69, 9.17) is 0 Å². The molecule has 2 N–H and O–H groups in total. The van der Waals surface area contributed by atoms with E-state index in [2.05, 4.69) is 36.6 Å². The molecule has 2 aromatic carbocycles. The molecule has 0 aliphatic heterocycles. The van der Waals surface area contributed by atoms with Crippen molar-refractivity contribution >= 4 is 17.3 Å². The number of rotatable bonds is 6. The number of benzene rings is 2. The van der Waals surface area contributed by atoms with Crippen LogP contribution in [-0.4, -0.2) is 12.5 Å². The summed E-state index contributed by atoms with van der Waals surface area (Å²) in [5, 5.41) is 6.29. The minimum atomic E-state index is 0.0322. The van der Waals surface area contributed by atoms with Crippen LogP contribution in [0.15, 0.2) is 42.5 Å². The van der Waals surface area contributed by atoms with E-state index in [-0.39, 0.29) is 5.91 Å². The number of amides is 1. The third-order valence-corrected chi connectivity index (χ3v) is 3.86. The van der Waals surface area contributed by atoms with Crippen LogP contribution in [0.4, 0.5) is 11.4 Å². The third-order valence-electron chi connectivity index (χ3n) is 3.86. The Balaban J connectivity index is 1.84. The molecule has 3 nitrogen and oxygen atoms in total. The maximum atomic E-state index is 12.0. The van der Waals surface area contributed by atoms with Gasteiger partial charge in [0.05, 0.1) is 0 Å². The Morgan fingerprint density at radius 1 is 1.05 bits per heavy atom. The van der Waals surface area contributed by atoms with E-state index in [9.17, 15) is 4.79 Å². The van der Waals surface area contributed by atoms with Gasteiger partial charge in [0, 0.05) is 24.3 Å². The van der Waals surface area contributed by atoms with E-state index in [1.54, 1.807) is 0 Å². The van der Waals surface area contributed by atoms with E-state index in [1.165, 1.54) is 16.7 Å². The Morgan fingerprint density at radius 3 is 2.55 bits per heavy atom. The molecule has 0 aromatic heterocycles. The highest BCUT2D eigenvalue weighted by Gasteiger charge is 2.04. The molecule has 116 valence electrons. The maximum Gasteiger partial charge on any atom is 0.226 e. The van der Waals surface area contributed by atoms with Crippen molar-refractivity contribution in [3.8, 4) is 0 Å². The zero-order valence-corrected chi connectivity index (χ0v) is 13.6. The van der Waals surface area contributed by atoms with Gasteiger partial charge >= 0.3 is 0 Å². The van der Waals surface area contributed by atoms with Crippen LogP contribution in [0.1, 0.15) is 30.0 Å². The zero-order chi connectivity index (χ0) is 15.9. The molecule has 2 aromatic rings. The van der Waals surface area contributed by atoms with E-state index < -0.39 is 0 Å². The van der Waals surface area contributed by atoms with Crippen molar-refractivity contribution in [2.75, 3.05) is 17.2 Å². The van der Waals surface area contributed by atoms with Crippen LogP contribution in [0.25, 0.3) is 0 Å². The fraction of sp³-hybridized carbons (Fsp3) is 0.316. The van der Waals surface area contributed by atoms with Gasteiger partial charge in [0.15, 0.2) is 0 Å². The van der Waals surface area contributed by atoms with Gasteiger partial charge in [-0.3, -0.25) is 4.79 Å². The van der Waals surface area contributed by atoms with Gasteiger partial charge in [-0.1, -0.05) is 31.2 Å². The molecule has 0 saturated carbocycles. The van der Waals surface area contributed by atoms with Crippen molar-refractivity contribution in [2.24, 2.45) is 0 Å². The maximum absolute atomic E-state index is 12.0. The highest BCUT2D eigenvalue weighted by atomic mass is 16.1. The van der Waals surface area contributed by atoms with Crippen LogP contribution < -0.4 is 10.6 Å². The Kier molecular flexibility index (Phi) is 5.59. The number of aryl methyl sites for hydroxylation is 3. The van der Waals surface area contributed by atoms with E-state index in [0.717, 1.165) is 17.8 Å². The summed E-state index contributed by atoms with van der Waals surface area (Å²) in [6.07, 6.45) is 1.43. The molecule has 3 heteroatoms.